The van der Waals surface area contributed by atoms with E-state index in [0.29, 0.717) is 0 Å². The number of nitrogens with one attached hydrogen (secondary N) is 1. The summed E-state index contributed by atoms with van der Waals surface area (Å²) in [7, 11) is -11.1. The number of hydrogen-bond acceptors (Lipinski definition) is 17. The Balaban J connectivity index is 1.39. The first kappa shape index (κ1) is 31.4. The van der Waals surface area contributed by atoms with E-state index in [-0.39, 0.29) is 17.1 Å². The number of phosphoric ester groups is 2. The molecule has 23 nitrogen and oxygen atoms in total. The fourth-order valence-corrected chi connectivity index (χ4v) is 6.13. The number of aromatic nitrogens is 4. The maximum absolute atomic E-state index is 12.4. The number of nitrogens with two attached hydrogens (primary N) is 1. The van der Waals surface area contributed by atoms with Gasteiger partial charge in [0.15, 0.2) is 23.7 Å². The Bertz CT molecular complexity index is 1470. The lowest BCUT2D eigenvalue weighted by molar-refractivity contribution is -0.272. The first-order valence-corrected chi connectivity index (χ1v) is 14.3. The molecule has 2 aliphatic rings. The number of nitrogens with zero attached hydrogens (tertiary/aromatic N) is 6. The Labute approximate surface area is 226 Å². The van der Waals surface area contributed by atoms with Crippen molar-refractivity contribution < 1.29 is 67.3 Å². The van der Waals surface area contributed by atoms with Crippen molar-refractivity contribution in [2.75, 3.05) is 18.9 Å². The third-order valence-corrected chi connectivity index (χ3v) is 8.50. The molecule has 10 N–H and O–H groups in total. The molecule has 2 fully saturated rings. The Morgan fingerprint density at radius 1 is 1.07 bits per heavy atom. The van der Waals surface area contributed by atoms with Crippen molar-refractivity contribution in [1.29, 1.82) is 0 Å². The lowest BCUT2D eigenvalue weighted by Gasteiger charge is -2.39. The number of nitrogen functional groups attached to an aromatic ring is 1. The molecule has 2 aromatic rings. The summed E-state index contributed by atoms with van der Waals surface area (Å²) in [4.78, 5) is 44.2. The van der Waals surface area contributed by atoms with Gasteiger partial charge in [0.05, 0.1) is 25.6 Å². The molecule has 0 spiro atoms. The van der Waals surface area contributed by atoms with Gasteiger partial charge < -0.3 is 50.5 Å². The number of ether oxygens (including phenoxy) is 2. The zero-order valence-corrected chi connectivity index (χ0v) is 22.0. The molecule has 228 valence electrons. The van der Waals surface area contributed by atoms with Crippen molar-refractivity contribution in [3.63, 3.8) is 0 Å². The third-order valence-electron chi connectivity index (χ3n) is 5.90. The van der Waals surface area contributed by atoms with Crippen LogP contribution in [0.25, 0.3) is 21.6 Å². The lowest BCUT2D eigenvalue weighted by Crippen LogP contribution is -2.58. The molecule has 0 radical (unpaired) electrons. The van der Waals surface area contributed by atoms with Gasteiger partial charge in [0.1, 0.15) is 36.6 Å². The number of aliphatic hydroxyl groups excluding tert-OH is 5. The minimum Gasteiger partial charge on any atom is -0.388 e. The Kier molecular flexibility index (Phi) is 9.16. The van der Waals surface area contributed by atoms with E-state index >= 15 is 0 Å². The first-order chi connectivity index (χ1) is 19.1. The summed E-state index contributed by atoms with van der Waals surface area (Å²) in [6.45, 7) is -1.60. The van der Waals surface area contributed by atoms with Crippen LogP contribution in [-0.4, -0.2) is 117 Å². The van der Waals surface area contributed by atoms with E-state index in [1.54, 1.807) is 0 Å². The molecular formula is C16H24N8O15P2. The van der Waals surface area contributed by atoms with Crippen LogP contribution in [0.5, 0.6) is 0 Å². The average molecular weight is 630 g/mol. The molecule has 0 bridgehead atoms. The second kappa shape index (κ2) is 12.0. The molecule has 3 unspecified atom stereocenters. The van der Waals surface area contributed by atoms with E-state index in [9.17, 15) is 49.2 Å². The molecule has 0 aliphatic carbocycles. The van der Waals surface area contributed by atoms with Crippen LogP contribution in [0.4, 0.5) is 5.95 Å². The molecule has 0 saturated carbocycles. The van der Waals surface area contributed by atoms with E-state index < -0.39 is 89.6 Å². The van der Waals surface area contributed by atoms with E-state index in [0.717, 1.165) is 10.9 Å². The van der Waals surface area contributed by atoms with Crippen LogP contribution in [0, 0.1) is 0 Å². The largest absolute Gasteiger partial charge is 0.483 e. The van der Waals surface area contributed by atoms with Gasteiger partial charge in [-0.25, -0.2) is 14.1 Å². The third kappa shape index (κ3) is 6.75. The van der Waals surface area contributed by atoms with Gasteiger partial charge in [-0.2, -0.15) is 9.29 Å². The summed E-state index contributed by atoms with van der Waals surface area (Å²) in [5.74, 6) is -0.283. The normalized spacial score (nSPS) is 35.0. The summed E-state index contributed by atoms with van der Waals surface area (Å²) in [6.07, 6.45) is -15.1. The van der Waals surface area contributed by atoms with Gasteiger partial charge in [-0.3, -0.25) is 23.4 Å². The number of hydrogen-bond donors (Lipinski definition) is 9. The molecule has 0 aromatic carbocycles. The second-order valence-electron chi connectivity index (χ2n) is 8.67. The number of phosphoric acid groups is 2. The maximum Gasteiger partial charge on any atom is 0.483 e. The standard InChI is InChI=1S/C16H24N8O15P2/c17-16-21-12-6(13(30)22-16)19-3-24(12)14-10(28)8(26)5(36-14)2-35-40(31,32)39-41(33,34)38-15-11(29)9(27)7(25)4(37-15)1-20-23-18/h3-5,7-11,14-15,25-29H,1-2H2,(H,31,32)(H,33,34)(H3,17,21,22,30)/t4-,5+,7+,8+,9+,10+,11-,14+,15?/m0/s1. The molecule has 2 aromatic heterocycles. The number of fused-ring (bicyclic) bond motifs is 1. The minimum atomic E-state index is -5.63. The Hall–Kier alpha value is -2.56. The van der Waals surface area contributed by atoms with Crippen LogP contribution in [0.15, 0.2) is 16.2 Å². The van der Waals surface area contributed by atoms with Crippen LogP contribution in [-0.2, 0) is 32.0 Å². The van der Waals surface area contributed by atoms with Crippen LogP contribution in [0.1, 0.15) is 6.23 Å². The number of H-pyrrole nitrogens is 1. The predicted molar refractivity (Wildman–Crippen MR) is 127 cm³/mol. The number of imidazole rings is 1. The van der Waals surface area contributed by atoms with Gasteiger partial charge in [-0.05, 0) is 5.53 Å². The lowest BCUT2D eigenvalue weighted by atomic mass is 9.99. The number of anilines is 1. The zero-order valence-electron chi connectivity index (χ0n) is 20.2. The highest BCUT2D eigenvalue weighted by atomic mass is 31.3. The van der Waals surface area contributed by atoms with Gasteiger partial charge in [-0.1, -0.05) is 5.11 Å². The van der Waals surface area contributed by atoms with Crippen LogP contribution >= 0.6 is 15.6 Å². The zero-order chi connectivity index (χ0) is 30.3. The fourth-order valence-electron chi connectivity index (χ4n) is 3.97. The minimum absolute atomic E-state index is 0.120. The highest BCUT2D eigenvalue weighted by Crippen LogP contribution is 2.61. The van der Waals surface area contributed by atoms with Gasteiger partial charge >= 0.3 is 15.6 Å². The van der Waals surface area contributed by atoms with Crippen molar-refractivity contribution in [2.24, 2.45) is 5.11 Å². The van der Waals surface area contributed by atoms with Gasteiger partial charge in [0, 0.05) is 4.91 Å². The SMILES string of the molecule is [N-]=[N+]=NC[C@@H]1OC(OP(=O)(O)OP(=O)(O)OC[C@H]2O[C@@H](n3cnc4c(=O)[nH]c(N)nc43)[C@H](O)[C@@H]2O)[C@@H](O)[C@H](O)[C@@H]1O. The summed E-state index contributed by atoms with van der Waals surface area (Å²) < 4.78 is 49.5. The highest BCUT2D eigenvalue weighted by Gasteiger charge is 2.49. The molecule has 4 rings (SSSR count). The number of aromatic amines is 1. The summed E-state index contributed by atoms with van der Waals surface area (Å²) in [5, 5.41) is 53.7. The Morgan fingerprint density at radius 3 is 2.44 bits per heavy atom. The predicted octanol–water partition coefficient (Wildman–Crippen LogP) is -3.31. The summed E-state index contributed by atoms with van der Waals surface area (Å²) >= 11 is 0. The maximum atomic E-state index is 12.4. The van der Waals surface area contributed by atoms with Crippen molar-refractivity contribution in [3.05, 3.63) is 27.1 Å². The molecule has 25 heteroatoms. The summed E-state index contributed by atoms with van der Waals surface area (Å²) in [5.41, 5.74) is 12.9. The number of azide groups is 1. The molecular weight excluding hydrogens is 606 g/mol. The van der Waals surface area contributed by atoms with Gasteiger partial charge in [0.2, 0.25) is 5.95 Å². The molecule has 2 aliphatic heterocycles. The van der Waals surface area contributed by atoms with Crippen LogP contribution in [0.2, 0.25) is 0 Å². The van der Waals surface area contributed by atoms with E-state index in [1.807, 2.05) is 0 Å². The molecule has 2 saturated heterocycles. The van der Waals surface area contributed by atoms with Crippen LogP contribution in [0.3, 0.4) is 0 Å². The number of rotatable bonds is 10. The van der Waals surface area contributed by atoms with Crippen molar-refractivity contribution in [3.8, 4) is 0 Å². The highest BCUT2D eigenvalue weighted by molar-refractivity contribution is 7.61. The second-order valence-corrected chi connectivity index (χ2v) is 11.7. The average Bonchev–Trinajstić information content (AvgIpc) is 3.42. The van der Waals surface area contributed by atoms with Crippen molar-refractivity contribution in [2.45, 2.75) is 55.2 Å². The topological polar surface area (TPSA) is 360 Å². The monoisotopic (exact) mass is 630 g/mol. The van der Waals surface area contributed by atoms with Gasteiger partial charge in [-0.15, -0.1) is 0 Å². The number of aliphatic hydroxyl groups is 5. The van der Waals surface area contributed by atoms with E-state index in [2.05, 4.69) is 38.3 Å². The van der Waals surface area contributed by atoms with E-state index in [1.165, 1.54) is 0 Å². The summed E-state index contributed by atoms with van der Waals surface area (Å²) in [6, 6.07) is 0. The van der Waals surface area contributed by atoms with Crippen LogP contribution < -0.4 is 11.3 Å². The molecule has 0 amide bonds. The van der Waals surface area contributed by atoms with Gasteiger partial charge in [0.25, 0.3) is 5.56 Å². The first-order valence-electron chi connectivity index (χ1n) is 11.3. The quantitative estimate of drug-likeness (QED) is 0.0536. The fraction of sp³-hybridized carbons (Fsp3) is 0.688. The van der Waals surface area contributed by atoms with E-state index in [4.69, 9.17) is 20.7 Å². The smallest absolute Gasteiger partial charge is 0.388 e. The van der Waals surface area contributed by atoms with Crippen molar-refractivity contribution >= 4 is 32.8 Å². The molecule has 41 heavy (non-hydrogen) atoms. The molecule has 11 atom stereocenters. The molecule has 4 heterocycles. The Morgan fingerprint density at radius 2 is 1.76 bits per heavy atom. The van der Waals surface area contributed by atoms with Crippen molar-refractivity contribution in [1.82, 2.24) is 19.5 Å².